The zero-order chi connectivity index (χ0) is 35.6. The minimum atomic E-state index is -4.42. The zero-order valence-electron chi connectivity index (χ0n) is 27.8. The second kappa shape index (κ2) is 17.4. The smallest absolute Gasteiger partial charge is 0.422 e. The van der Waals surface area contributed by atoms with E-state index in [0.29, 0.717) is 47.7 Å². The second-order valence-electron chi connectivity index (χ2n) is 11.5. The molecular formula is C34H42ClF3N4O6. The first kappa shape index (κ1) is 38.4. The van der Waals surface area contributed by atoms with Gasteiger partial charge in [0.25, 0.3) is 10.8 Å². The Morgan fingerprint density at radius 2 is 1.38 bits per heavy atom. The molecule has 2 aliphatic heterocycles. The maximum atomic E-state index is 12.7. The third-order valence-corrected chi connectivity index (χ3v) is 7.89. The number of halogens is 4. The van der Waals surface area contributed by atoms with E-state index in [4.69, 9.17) is 21.1 Å². The van der Waals surface area contributed by atoms with Crippen molar-refractivity contribution in [2.75, 3.05) is 26.3 Å². The largest absolute Gasteiger partial charge is 0.494 e. The van der Waals surface area contributed by atoms with Gasteiger partial charge in [0, 0.05) is 31.7 Å². The van der Waals surface area contributed by atoms with Crippen molar-refractivity contribution in [1.29, 1.82) is 0 Å². The molecule has 0 bridgehead atoms. The fourth-order valence-corrected chi connectivity index (χ4v) is 5.83. The Hall–Kier alpha value is -4.03. The van der Waals surface area contributed by atoms with Crippen LogP contribution in [-0.2, 0) is 22.7 Å². The highest BCUT2D eigenvalue weighted by molar-refractivity contribution is 6.75. The molecule has 14 heteroatoms. The van der Waals surface area contributed by atoms with Crippen molar-refractivity contribution in [3.05, 3.63) is 62.4 Å². The number of hydrogen-bond donors (Lipinski definition) is 3. The van der Waals surface area contributed by atoms with E-state index in [1.807, 2.05) is 6.92 Å². The summed E-state index contributed by atoms with van der Waals surface area (Å²) < 4.78 is 50.2. The summed E-state index contributed by atoms with van der Waals surface area (Å²) >= 11 is 5.35. The number of fused-ring (bicyclic) bond motifs is 1. The van der Waals surface area contributed by atoms with Crippen molar-refractivity contribution < 1.29 is 37.3 Å². The van der Waals surface area contributed by atoms with Crippen LogP contribution in [-0.4, -0.2) is 58.1 Å². The van der Waals surface area contributed by atoms with Gasteiger partial charge in [0.1, 0.15) is 28.6 Å². The van der Waals surface area contributed by atoms with Crippen LogP contribution in [0.2, 0.25) is 0 Å². The Morgan fingerprint density at radius 3 is 1.79 bits per heavy atom. The number of nitrogens with zero attached hydrogens (tertiary/aromatic N) is 2. The first-order valence-electron chi connectivity index (χ1n) is 15.7. The Kier molecular flexibility index (Phi) is 13.9. The van der Waals surface area contributed by atoms with Crippen LogP contribution in [0.15, 0.2) is 29.1 Å². The lowest BCUT2D eigenvalue weighted by Crippen LogP contribution is -2.37. The molecule has 262 valence electrons. The Bertz CT molecular complexity index is 1650. The fourth-order valence-electron chi connectivity index (χ4n) is 5.70. The van der Waals surface area contributed by atoms with Gasteiger partial charge >= 0.3 is 6.18 Å². The van der Waals surface area contributed by atoms with Gasteiger partial charge in [-0.3, -0.25) is 25.1 Å². The topological polar surface area (TPSA) is 124 Å². The predicted molar refractivity (Wildman–Crippen MR) is 178 cm³/mol. The van der Waals surface area contributed by atoms with Crippen molar-refractivity contribution in [3.8, 4) is 28.5 Å². The van der Waals surface area contributed by atoms with Gasteiger partial charge in [-0.05, 0) is 124 Å². The predicted octanol–water partition coefficient (Wildman–Crippen LogP) is 5.93. The number of benzene rings is 2. The number of aryl methyl sites for hydroxylation is 4. The molecule has 3 heterocycles. The summed E-state index contributed by atoms with van der Waals surface area (Å²) in [6.07, 6.45) is -0.0206. The summed E-state index contributed by atoms with van der Waals surface area (Å²) in [4.78, 5) is 34.6. The number of hydrogen-bond acceptors (Lipinski definition) is 8. The van der Waals surface area contributed by atoms with E-state index in [1.54, 1.807) is 50.5 Å². The number of carbonyl (C=O) groups is 1. The highest BCUT2D eigenvalue weighted by atomic mass is 35.5. The third kappa shape index (κ3) is 9.99. The van der Waals surface area contributed by atoms with Crippen LogP contribution < -0.4 is 25.9 Å². The number of nitrogens with one attached hydrogen (secondary N) is 2. The number of carbonyl (C=O) groups excluding carboxylic acids is 2. The van der Waals surface area contributed by atoms with E-state index < -0.39 is 18.0 Å². The maximum Gasteiger partial charge on any atom is 0.422 e. The minimum absolute atomic E-state index is 0.0830. The minimum Gasteiger partial charge on any atom is -0.494 e. The number of aromatic hydroxyl groups is 1. The summed E-state index contributed by atoms with van der Waals surface area (Å²) in [7, 11) is 0. The monoisotopic (exact) mass is 694 g/mol. The van der Waals surface area contributed by atoms with E-state index in [1.165, 1.54) is 29.7 Å². The second-order valence-corrected chi connectivity index (χ2v) is 11.8. The Balaban J connectivity index is 0.000000233. The molecule has 10 nitrogen and oxygen atoms in total. The standard InChI is InChI=1S/C17H19F3N2O3.C13H13ClO3.C4H10N2/c1-10-7-12(25-9-17(18,19)20)8-11(2)13(10)14-15(23)21-5-3-4-6-22(21)16(14)24;1-4-17-10-5-8(2)12(9(3)6-10)11(7-15)13(14)16;1-2-4-6-5-3-1/h7-8,23H,3-6,9H2,1-2H3;5-6H,4H2,1-3H3;5-6H,1-4H2. The van der Waals surface area contributed by atoms with Gasteiger partial charge in [0.05, 0.1) is 6.61 Å². The van der Waals surface area contributed by atoms with Gasteiger partial charge < -0.3 is 14.6 Å². The highest BCUT2D eigenvalue weighted by Gasteiger charge is 2.29. The summed E-state index contributed by atoms with van der Waals surface area (Å²) in [6.45, 7) is 11.4. The molecule has 0 spiro atoms. The lowest BCUT2D eigenvalue weighted by Gasteiger charge is -2.17. The highest BCUT2D eigenvalue weighted by Crippen LogP contribution is 2.36. The van der Waals surface area contributed by atoms with Crippen molar-refractivity contribution in [1.82, 2.24) is 20.2 Å². The molecule has 0 radical (unpaired) electrons. The number of ether oxygens (including phenoxy) is 2. The van der Waals surface area contributed by atoms with Gasteiger partial charge in [0.15, 0.2) is 6.61 Å². The molecule has 1 fully saturated rings. The molecule has 1 aromatic heterocycles. The van der Waals surface area contributed by atoms with E-state index in [9.17, 15) is 32.7 Å². The average Bonchev–Trinajstić information content (AvgIpc) is 3.28. The summed E-state index contributed by atoms with van der Waals surface area (Å²) in [5, 5.41) is 9.70. The number of aromatic nitrogens is 2. The first-order chi connectivity index (χ1) is 22.7. The van der Waals surface area contributed by atoms with Crippen LogP contribution in [0.5, 0.6) is 17.4 Å². The molecule has 3 aromatic rings. The van der Waals surface area contributed by atoms with E-state index in [0.717, 1.165) is 37.1 Å². The number of alkyl halides is 3. The zero-order valence-corrected chi connectivity index (χ0v) is 28.5. The molecule has 0 saturated carbocycles. The van der Waals surface area contributed by atoms with Gasteiger partial charge in [-0.2, -0.15) is 13.2 Å². The van der Waals surface area contributed by atoms with Gasteiger partial charge in [-0.15, -0.1) is 0 Å². The molecular weight excluding hydrogens is 653 g/mol. The molecule has 2 aliphatic rings. The van der Waals surface area contributed by atoms with Crippen LogP contribution in [0.4, 0.5) is 13.2 Å². The van der Waals surface area contributed by atoms with Gasteiger partial charge in [-0.25, -0.2) is 9.48 Å². The Morgan fingerprint density at radius 1 is 0.875 bits per heavy atom. The molecule has 1 saturated heterocycles. The van der Waals surface area contributed by atoms with Crippen molar-refractivity contribution in [2.45, 2.75) is 79.6 Å². The average molecular weight is 695 g/mol. The van der Waals surface area contributed by atoms with Crippen LogP contribution in [0.25, 0.3) is 16.7 Å². The first-order valence-corrected chi connectivity index (χ1v) is 16.1. The third-order valence-electron chi connectivity index (χ3n) is 7.70. The molecule has 2 aromatic carbocycles. The van der Waals surface area contributed by atoms with Crippen molar-refractivity contribution in [2.24, 2.45) is 0 Å². The molecule has 5 rings (SSSR count). The van der Waals surface area contributed by atoms with Crippen molar-refractivity contribution in [3.63, 3.8) is 0 Å². The number of rotatable bonds is 7. The maximum absolute atomic E-state index is 12.7. The molecule has 0 atom stereocenters. The van der Waals surface area contributed by atoms with E-state index in [2.05, 4.69) is 10.9 Å². The van der Waals surface area contributed by atoms with E-state index in [-0.39, 0.29) is 28.3 Å². The number of hydrazine groups is 1. The molecule has 0 amide bonds. The summed E-state index contributed by atoms with van der Waals surface area (Å²) in [5.41, 5.74) is 9.60. The van der Waals surface area contributed by atoms with Crippen LogP contribution in [0.1, 0.15) is 60.4 Å². The van der Waals surface area contributed by atoms with E-state index >= 15 is 0 Å². The van der Waals surface area contributed by atoms with Gasteiger partial charge in [-0.1, -0.05) is 0 Å². The van der Waals surface area contributed by atoms with Crippen LogP contribution in [0.3, 0.4) is 0 Å². The Labute approximate surface area is 282 Å². The fraction of sp³-hybridized carbons (Fsp3) is 0.471. The normalized spacial score (nSPS) is 13.9. The summed E-state index contributed by atoms with van der Waals surface area (Å²) in [5.74, 6) is 2.29. The molecule has 0 aliphatic carbocycles. The lowest BCUT2D eigenvalue weighted by atomic mass is 9.97. The quantitative estimate of drug-likeness (QED) is 0.158. The van der Waals surface area contributed by atoms with Crippen LogP contribution in [0, 0.1) is 27.7 Å². The summed E-state index contributed by atoms with van der Waals surface area (Å²) in [6, 6.07) is 6.44. The SMILES string of the molecule is C1CCNNC1.CCOc1cc(C)c(C(=C=O)C(=O)Cl)c(C)c1.Cc1cc(OCC(F)(F)F)cc(C)c1-c1c(O)n2n(c1=O)CCCC2. The van der Waals surface area contributed by atoms with Gasteiger partial charge in [0.2, 0.25) is 5.88 Å². The molecule has 48 heavy (non-hydrogen) atoms. The van der Waals surface area contributed by atoms with Crippen molar-refractivity contribution >= 4 is 28.4 Å². The lowest BCUT2D eigenvalue weighted by molar-refractivity contribution is -0.153. The molecule has 3 N–H and O–H groups in total. The number of allylic oxidation sites excluding steroid dienone is 1. The molecule has 0 unspecified atom stereocenters. The van der Waals surface area contributed by atoms with Crippen LogP contribution >= 0.6 is 11.6 Å².